The van der Waals surface area contributed by atoms with Crippen molar-refractivity contribution in [1.82, 2.24) is 19.7 Å². The van der Waals surface area contributed by atoms with Gasteiger partial charge in [-0.25, -0.2) is 9.67 Å². The van der Waals surface area contributed by atoms with Gasteiger partial charge >= 0.3 is 0 Å². The Kier molecular flexibility index (Phi) is 4.24. The molecule has 2 aliphatic heterocycles. The highest BCUT2D eigenvalue weighted by atomic mass is 35.5. The van der Waals surface area contributed by atoms with Crippen LogP contribution in [0.1, 0.15) is 25.3 Å². The van der Waals surface area contributed by atoms with Gasteiger partial charge in [0.1, 0.15) is 12.7 Å². The van der Waals surface area contributed by atoms with E-state index in [4.69, 9.17) is 11.6 Å². The standard InChI is InChI=1S/C17H20ClN5O/c18-13-3-5-14(6-4-13)22-9-7-16(17(22)24)21-8-1-2-15(10-21)23-12-19-11-20-23/h3-6,11-12,15-16H,1-2,7-10H2/t15-,16+/m0/s1. The van der Waals surface area contributed by atoms with Gasteiger partial charge in [-0.15, -0.1) is 0 Å². The Morgan fingerprint density at radius 3 is 2.71 bits per heavy atom. The molecule has 7 heteroatoms. The number of anilines is 1. The highest BCUT2D eigenvalue weighted by Crippen LogP contribution is 2.29. The van der Waals surface area contributed by atoms with Crippen molar-refractivity contribution >= 4 is 23.2 Å². The summed E-state index contributed by atoms with van der Waals surface area (Å²) in [6.07, 6.45) is 6.37. The Morgan fingerprint density at radius 2 is 1.96 bits per heavy atom. The van der Waals surface area contributed by atoms with Gasteiger partial charge in [0.15, 0.2) is 0 Å². The molecule has 126 valence electrons. The van der Waals surface area contributed by atoms with Crippen molar-refractivity contribution in [3.63, 3.8) is 0 Å². The molecule has 2 saturated heterocycles. The van der Waals surface area contributed by atoms with E-state index in [1.165, 1.54) is 0 Å². The summed E-state index contributed by atoms with van der Waals surface area (Å²) in [7, 11) is 0. The van der Waals surface area contributed by atoms with Crippen LogP contribution < -0.4 is 4.90 Å². The molecule has 1 aromatic carbocycles. The predicted octanol–water partition coefficient (Wildman–Crippen LogP) is 2.37. The van der Waals surface area contributed by atoms with Crippen LogP contribution >= 0.6 is 11.6 Å². The first kappa shape index (κ1) is 15.6. The number of halogens is 1. The number of aromatic nitrogens is 3. The molecule has 2 fully saturated rings. The fourth-order valence-corrected chi connectivity index (χ4v) is 3.90. The minimum absolute atomic E-state index is 0.0352. The number of likely N-dealkylation sites (tertiary alicyclic amines) is 1. The average molecular weight is 346 g/mol. The minimum atomic E-state index is -0.0352. The summed E-state index contributed by atoms with van der Waals surface area (Å²) < 4.78 is 1.92. The molecular formula is C17H20ClN5O. The van der Waals surface area contributed by atoms with Gasteiger partial charge in [0.05, 0.1) is 12.1 Å². The van der Waals surface area contributed by atoms with Gasteiger partial charge in [-0.1, -0.05) is 11.6 Å². The summed E-state index contributed by atoms with van der Waals surface area (Å²) in [6, 6.07) is 7.76. The average Bonchev–Trinajstić information content (AvgIpc) is 3.26. The lowest BCUT2D eigenvalue weighted by atomic mass is 10.0. The molecule has 6 nitrogen and oxygen atoms in total. The Balaban J connectivity index is 1.47. The van der Waals surface area contributed by atoms with E-state index in [0.717, 1.165) is 44.6 Å². The van der Waals surface area contributed by atoms with Crippen molar-refractivity contribution < 1.29 is 4.79 Å². The van der Waals surface area contributed by atoms with Gasteiger partial charge < -0.3 is 4.90 Å². The fraction of sp³-hybridized carbons (Fsp3) is 0.471. The van der Waals surface area contributed by atoms with Gasteiger partial charge in [0.2, 0.25) is 5.91 Å². The molecule has 4 rings (SSSR count). The number of amides is 1. The zero-order chi connectivity index (χ0) is 16.5. The van der Waals surface area contributed by atoms with Crippen LogP contribution in [-0.2, 0) is 4.79 Å². The number of hydrogen-bond acceptors (Lipinski definition) is 4. The molecule has 2 atom stereocenters. The lowest BCUT2D eigenvalue weighted by Crippen LogP contribution is -2.47. The Morgan fingerprint density at radius 1 is 1.12 bits per heavy atom. The normalized spacial score (nSPS) is 25.4. The summed E-state index contributed by atoms with van der Waals surface area (Å²) in [6.45, 7) is 2.58. The molecule has 0 bridgehead atoms. The lowest BCUT2D eigenvalue weighted by Gasteiger charge is -2.35. The molecule has 0 radical (unpaired) electrons. The Labute approximate surface area is 146 Å². The molecule has 0 aliphatic carbocycles. The van der Waals surface area contributed by atoms with Crippen LogP contribution in [0.4, 0.5) is 5.69 Å². The van der Waals surface area contributed by atoms with Crippen molar-refractivity contribution in [3.8, 4) is 0 Å². The molecule has 2 aromatic rings. The molecule has 0 N–H and O–H groups in total. The molecule has 1 aromatic heterocycles. The summed E-state index contributed by atoms with van der Waals surface area (Å²) in [5.41, 5.74) is 0.928. The third-order valence-electron chi connectivity index (χ3n) is 4.99. The van der Waals surface area contributed by atoms with Crippen molar-refractivity contribution in [1.29, 1.82) is 0 Å². The monoisotopic (exact) mass is 345 g/mol. The van der Waals surface area contributed by atoms with E-state index in [1.807, 2.05) is 33.8 Å². The summed E-state index contributed by atoms with van der Waals surface area (Å²) >= 11 is 5.95. The maximum atomic E-state index is 12.9. The van der Waals surface area contributed by atoms with Crippen LogP contribution in [0.3, 0.4) is 0 Å². The molecular weight excluding hydrogens is 326 g/mol. The van der Waals surface area contributed by atoms with Gasteiger partial charge in [-0.3, -0.25) is 9.69 Å². The first-order chi connectivity index (χ1) is 11.7. The van der Waals surface area contributed by atoms with E-state index < -0.39 is 0 Å². The topological polar surface area (TPSA) is 54.3 Å². The quantitative estimate of drug-likeness (QED) is 0.857. The van der Waals surface area contributed by atoms with E-state index in [1.54, 1.807) is 12.7 Å². The van der Waals surface area contributed by atoms with E-state index in [-0.39, 0.29) is 11.9 Å². The van der Waals surface area contributed by atoms with Gasteiger partial charge in [-0.2, -0.15) is 5.10 Å². The first-order valence-corrected chi connectivity index (χ1v) is 8.75. The zero-order valence-electron chi connectivity index (χ0n) is 13.4. The molecule has 0 unspecified atom stereocenters. The van der Waals surface area contributed by atoms with Crippen LogP contribution in [0.2, 0.25) is 5.02 Å². The summed E-state index contributed by atoms with van der Waals surface area (Å²) in [5.74, 6) is 0.191. The Hall–Kier alpha value is -1.92. The van der Waals surface area contributed by atoms with Crippen LogP contribution in [0.25, 0.3) is 0 Å². The molecule has 0 saturated carbocycles. The molecule has 24 heavy (non-hydrogen) atoms. The molecule has 2 aliphatic rings. The number of carbonyl (C=O) groups is 1. The van der Waals surface area contributed by atoms with Crippen LogP contribution in [0.15, 0.2) is 36.9 Å². The van der Waals surface area contributed by atoms with E-state index in [0.29, 0.717) is 11.1 Å². The fourth-order valence-electron chi connectivity index (χ4n) is 3.77. The van der Waals surface area contributed by atoms with Crippen LogP contribution in [-0.4, -0.2) is 51.2 Å². The maximum absolute atomic E-state index is 12.9. The first-order valence-electron chi connectivity index (χ1n) is 8.37. The Bertz CT molecular complexity index is 702. The molecule has 1 amide bonds. The van der Waals surface area contributed by atoms with Gasteiger partial charge in [0.25, 0.3) is 0 Å². The van der Waals surface area contributed by atoms with Gasteiger partial charge in [-0.05, 0) is 50.1 Å². The van der Waals surface area contributed by atoms with Crippen molar-refractivity contribution in [2.24, 2.45) is 0 Å². The second kappa shape index (κ2) is 6.53. The number of carbonyl (C=O) groups excluding carboxylic acids is 1. The number of nitrogens with zero attached hydrogens (tertiary/aromatic N) is 5. The SMILES string of the molecule is O=C1[C@H](N2CCC[C@H](n3cncn3)C2)CCN1c1ccc(Cl)cc1. The number of piperidine rings is 1. The van der Waals surface area contributed by atoms with E-state index in [2.05, 4.69) is 15.0 Å². The van der Waals surface area contributed by atoms with Gasteiger partial charge in [0, 0.05) is 23.8 Å². The number of hydrogen-bond donors (Lipinski definition) is 0. The summed E-state index contributed by atoms with van der Waals surface area (Å²) in [5, 5.41) is 4.95. The number of benzene rings is 1. The third-order valence-corrected chi connectivity index (χ3v) is 5.25. The lowest BCUT2D eigenvalue weighted by molar-refractivity contribution is -0.122. The van der Waals surface area contributed by atoms with E-state index >= 15 is 0 Å². The summed E-state index contributed by atoms with van der Waals surface area (Å²) in [4.78, 5) is 21.1. The van der Waals surface area contributed by atoms with Crippen molar-refractivity contribution in [2.75, 3.05) is 24.5 Å². The smallest absolute Gasteiger partial charge is 0.244 e. The predicted molar refractivity (Wildman–Crippen MR) is 92.1 cm³/mol. The van der Waals surface area contributed by atoms with Crippen molar-refractivity contribution in [2.45, 2.75) is 31.3 Å². The van der Waals surface area contributed by atoms with Crippen molar-refractivity contribution in [3.05, 3.63) is 41.9 Å². The second-order valence-corrected chi connectivity index (χ2v) is 6.87. The largest absolute Gasteiger partial charge is 0.311 e. The highest BCUT2D eigenvalue weighted by Gasteiger charge is 2.38. The zero-order valence-corrected chi connectivity index (χ0v) is 14.1. The second-order valence-electron chi connectivity index (χ2n) is 6.44. The molecule has 0 spiro atoms. The van der Waals surface area contributed by atoms with Crippen LogP contribution in [0.5, 0.6) is 0 Å². The third kappa shape index (κ3) is 2.91. The minimum Gasteiger partial charge on any atom is -0.311 e. The number of rotatable bonds is 3. The van der Waals surface area contributed by atoms with Crippen LogP contribution in [0, 0.1) is 0 Å². The maximum Gasteiger partial charge on any atom is 0.244 e. The molecule has 3 heterocycles. The highest BCUT2D eigenvalue weighted by molar-refractivity contribution is 6.30. The van der Waals surface area contributed by atoms with E-state index in [9.17, 15) is 4.79 Å².